The Balaban J connectivity index is 2.55. The fraction of sp³-hybridized carbons (Fsp3) is 0.909. The number of likely N-dealkylation sites (tertiary alicyclic amines) is 1. The van der Waals surface area contributed by atoms with Crippen molar-refractivity contribution in [3.05, 3.63) is 0 Å². The molecule has 1 aliphatic heterocycles. The minimum Gasteiger partial charge on any atom is -0.386 e. The second kappa shape index (κ2) is 4.95. The maximum absolute atomic E-state index is 12.7. The van der Waals surface area contributed by atoms with Crippen molar-refractivity contribution in [1.29, 1.82) is 0 Å². The molecule has 0 aromatic rings. The van der Waals surface area contributed by atoms with Crippen molar-refractivity contribution in [2.45, 2.75) is 45.0 Å². The van der Waals surface area contributed by atoms with Gasteiger partial charge in [-0.25, -0.2) is 4.79 Å². The lowest BCUT2D eigenvalue weighted by Gasteiger charge is -2.46. The normalized spacial score (nSPS) is 20.6. The highest BCUT2D eigenvalue weighted by atomic mass is 19.4. The van der Waals surface area contributed by atoms with Crippen LogP contribution >= 0.6 is 0 Å². The van der Waals surface area contributed by atoms with Crippen molar-refractivity contribution in [1.82, 2.24) is 10.2 Å². The van der Waals surface area contributed by atoms with E-state index in [0.29, 0.717) is 6.42 Å². The van der Waals surface area contributed by atoms with E-state index >= 15 is 0 Å². The molecule has 0 bridgehead atoms. The molecule has 0 unspecified atom stereocenters. The highest BCUT2D eigenvalue weighted by Crippen LogP contribution is 2.27. The number of β-amino-alcohol motifs (C(OH)–C–C–N with tert-alkyl or cyclic N) is 1. The summed E-state index contributed by atoms with van der Waals surface area (Å²) < 4.78 is 38.0. The first kappa shape index (κ1) is 15.1. The summed E-state index contributed by atoms with van der Waals surface area (Å²) in [5.41, 5.74) is -0.942. The van der Waals surface area contributed by atoms with Crippen LogP contribution in [0.4, 0.5) is 18.0 Å². The monoisotopic (exact) mass is 268 g/mol. The second-order valence-corrected chi connectivity index (χ2v) is 5.15. The fourth-order valence-electron chi connectivity index (χ4n) is 1.88. The van der Waals surface area contributed by atoms with Gasteiger partial charge in [-0.1, -0.05) is 20.8 Å². The zero-order valence-electron chi connectivity index (χ0n) is 10.7. The van der Waals surface area contributed by atoms with Crippen molar-refractivity contribution in [2.24, 2.45) is 5.92 Å². The number of hydrogen-bond acceptors (Lipinski definition) is 2. The molecule has 0 aromatic heterocycles. The molecular weight excluding hydrogens is 249 g/mol. The van der Waals surface area contributed by atoms with Gasteiger partial charge in [-0.05, 0) is 12.3 Å². The van der Waals surface area contributed by atoms with Gasteiger partial charge in [0.1, 0.15) is 6.04 Å². The van der Waals surface area contributed by atoms with E-state index in [9.17, 15) is 23.1 Å². The highest BCUT2D eigenvalue weighted by molar-refractivity contribution is 5.76. The molecule has 1 heterocycles. The summed E-state index contributed by atoms with van der Waals surface area (Å²) in [5, 5.41) is 11.7. The largest absolute Gasteiger partial charge is 0.408 e. The Hall–Kier alpha value is -0.980. The Kier molecular flexibility index (Phi) is 4.15. The number of nitrogens with zero attached hydrogens (tertiary/aromatic N) is 1. The van der Waals surface area contributed by atoms with Gasteiger partial charge in [-0.3, -0.25) is 0 Å². The van der Waals surface area contributed by atoms with Crippen molar-refractivity contribution in [3.63, 3.8) is 0 Å². The molecule has 0 aliphatic carbocycles. The topological polar surface area (TPSA) is 52.6 Å². The first-order valence-electron chi connectivity index (χ1n) is 5.93. The number of rotatable bonds is 3. The Labute approximate surface area is 104 Å². The van der Waals surface area contributed by atoms with Crippen LogP contribution in [0.1, 0.15) is 27.2 Å². The zero-order chi connectivity index (χ0) is 14.1. The van der Waals surface area contributed by atoms with E-state index in [1.165, 1.54) is 18.7 Å². The number of carbonyl (C=O) groups is 1. The lowest BCUT2D eigenvalue weighted by Crippen LogP contribution is -2.66. The molecule has 1 fully saturated rings. The number of hydrogen-bond donors (Lipinski definition) is 2. The van der Waals surface area contributed by atoms with Gasteiger partial charge in [0.2, 0.25) is 0 Å². The van der Waals surface area contributed by atoms with Gasteiger partial charge >= 0.3 is 12.2 Å². The van der Waals surface area contributed by atoms with Crippen LogP contribution in [0.2, 0.25) is 0 Å². The van der Waals surface area contributed by atoms with E-state index in [1.807, 2.05) is 5.32 Å². The third-order valence-electron chi connectivity index (χ3n) is 3.21. The van der Waals surface area contributed by atoms with Crippen LogP contribution < -0.4 is 5.32 Å². The Morgan fingerprint density at radius 1 is 1.44 bits per heavy atom. The summed E-state index contributed by atoms with van der Waals surface area (Å²) in [6.07, 6.45) is -3.99. The first-order valence-corrected chi connectivity index (χ1v) is 5.93. The molecule has 4 nitrogen and oxygen atoms in total. The maximum atomic E-state index is 12.7. The summed E-state index contributed by atoms with van der Waals surface area (Å²) in [6.45, 7) is 4.73. The molecule has 1 saturated heterocycles. The molecule has 2 amide bonds. The Bertz CT molecular complexity index is 312. The molecule has 0 aromatic carbocycles. The van der Waals surface area contributed by atoms with Gasteiger partial charge in [0, 0.05) is 0 Å². The quantitative estimate of drug-likeness (QED) is 0.819. The average Bonchev–Trinajstić information content (AvgIpc) is 2.18. The lowest BCUT2D eigenvalue weighted by molar-refractivity contribution is -0.163. The summed E-state index contributed by atoms with van der Waals surface area (Å²) in [5.74, 6) is -0.736. The Morgan fingerprint density at radius 3 is 2.28 bits per heavy atom. The molecule has 2 N–H and O–H groups in total. The van der Waals surface area contributed by atoms with Crippen molar-refractivity contribution >= 4 is 6.03 Å². The average molecular weight is 268 g/mol. The van der Waals surface area contributed by atoms with Crippen LogP contribution in [0.3, 0.4) is 0 Å². The molecule has 18 heavy (non-hydrogen) atoms. The Morgan fingerprint density at radius 2 is 1.94 bits per heavy atom. The van der Waals surface area contributed by atoms with Crippen LogP contribution in [-0.4, -0.2) is 46.9 Å². The predicted octanol–water partition coefficient (Wildman–Crippen LogP) is 1.74. The van der Waals surface area contributed by atoms with Crippen LogP contribution in [0.15, 0.2) is 0 Å². The van der Waals surface area contributed by atoms with E-state index in [-0.39, 0.29) is 13.1 Å². The minimum absolute atomic E-state index is 0.0814. The van der Waals surface area contributed by atoms with Gasteiger partial charge in [0.15, 0.2) is 0 Å². The van der Waals surface area contributed by atoms with E-state index in [2.05, 4.69) is 0 Å². The standard InChI is InChI=1S/C11H19F3N2O2/c1-4-10(18)5-16(6-10)9(17)15-8(7(2)3)11(12,13)14/h7-8,18H,4-6H2,1-3H3,(H,15,17)/t8-/m0/s1. The molecule has 106 valence electrons. The fourth-order valence-corrected chi connectivity index (χ4v) is 1.88. The third kappa shape index (κ3) is 3.28. The van der Waals surface area contributed by atoms with Gasteiger partial charge in [0.25, 0.3) is 0 Å². The van der Waals surface area contributed by atoms with E-state index in [0.717, 1.165) is 0 Å². The number of nitrogens with one attached hydrogen (secondary N) is 1. The maximum Gasteiger partial charge on any atom is 0.408 e. The number of halogens is 3. The molecule has 0 saturated carbocycles. The lowest BCUT2D eigenvalue weighted by atomic mass is 9.92. The molecular formula is C11H19F3N2O2. The number of urea groups is 1. The molecule has 1 rings (SSSR count). The molecule has 1 atom stereocenters. The van der Waals surface area contributed by atoms with E-state index in [4.69, 9.17) is 0 Å². The minimum atomic E-state index is -4.46. The molecule has 0 spiro atoms. The number of aliphatic hydroxyl groups is 1. The van der Waals surface area contributed by atoms with Gasteiger partial charge in [0.05, 0.1) is 18.7 Å². The zero-order valence-corrected chi connectivity index (χ0v) is 10.7. The second-order valence-electron chi connectivity index (χ2n) is 5.15. The van der Waals surface area contributed by atoms with Crippen LogP contribution in [-0.2, 0) is 0 Å². The van der Waals surface area contributed by atoms with Crippen molar-refractivity contribution < 1.29 is 23.1 Å². The summed E-state index contributed by atoms with van der Waals surface area (Å²) in [4.78, 5) is 12.8. The van der Waals surface area contributed by atoms with Gasteiger partial charge in [-0.15, -0.1) is 0 Å². The highest BCUT2D eigenvalue weighted by Gasteiger charge is 2.46. The number of carbonyl (C=O) groups excluding carboxylic acids is 1. The van der Waals surface area contributed by atoms with E-state index in [1.54, 1.807) is 6.92 Å². The molecule has 1 aliphatic rings. The number of amides is 2. The third-order valence-corrected chi connectivity index (χ3v) is 3.21. The van der Waals surface area contributed by atoms with Gasteiger partial charge < -0.3 is 15.3 Å². The molecule has 7 heteroatoms. The van der Waals surface area contributed by atoms with Crippen LogP contribution in [0, 0.1) is 5.92 Å². The first-order chi connectivity index (χ1) is 8.09. The molecule has 0 radical (unpaired) electrons. The van der Waals surface area contributed by atoms with Crippen molar-refractivity contribution in [3.8, 4) is 0 Å². The smallest absolute Gasteiger partial charge is 0.386 e. The summed E-state index contributed by atoms with van der Waals surface area (Å²) in [7, 11) is 0. The number of alkyl halides is 3. The van der Waals surface area contributed by atoms with Crippen LogP contribution in [0.5, 0.6) is 0 Å². The van der Waals surface area contributed by atoms with Crippen molar-refractivity contribution in [2.75, 3.05) is 13.1 Å². The SMILES string of the molecule is CCC1(O)CN(C(=O)N[C@@H](C(C)C)C(F)(F)F)C1. The van der Waals surface area contributed by atoms with E-state index < -0.39 is 29.8 Å². The predicted molar refractivity (Wildman–Crippen MR) is 60.0 cm³/mol. The summed E-state index contributed by atoms with van der Waals surface area (Å²) >= 11 is 0. The van der Waals surface area contributed by atoms with Crippen LogP contribution in [0.25, 0.3) is 0 Å². The summed E-state index contributed by atoms with van der Waals surface area (Å²) in [6, 6.07) is -2.63. The van der Waals surface area contributed by atoms with Gasteiger partial charge in [-0.2, -0.15) is 13.2 Å².